The quantitative estimate of drug-likeness (QED) is 0.544. The molecule has 0 unspecified atom stereocenters. The molecule has 0 fully saturated rings. The lowest BCUT2D eigenvalue weighted by Gasteiger charge is -2.09. The van der Waals surface area contributed by atoms with Gasteiger partial charge >= 0.3 is 0 Å². The van der Waals surface area contributed by atoms with Gasteiger partial charge in [0, 0.05) is 28.8 Å². The number of benzene rings is 2. The molecule has 3 rings (SSSR count). The van der Waals surface area contributed by atoms with Gasteiger partial charge in [-0.3, -0.25) is 0 Å². The summed E-state index contributed by atoms with van der Waals surface area (Å²) in [5.41, 5.74) is 0.902. The first-order valence-corrected chi connectivity index (χ1v) is 6.72. The van der Waals surface area contributed by atoms with Crippen molar-refractivity contribution in [3.8, 4) is 5.75 Å². The van der Waals surface area contributed by atoms with Gasteiger partial charge in [0.05, 0.1) is 6.61 Å². The molecule has 0 aliphatic rings. The first kappa shape index (κ1) is 13.4. The van der Waals surface area contributed by atoms with E-state index in [1.54, 1.807) is 24.3 Å². The summed E-state index contributed by atoms with van der Waals surface area (Å²) in [6, 6.07) is 13.8. The van der Waals surface area contributed by atoms with Crippen LogP contribution in [0.4, 0.5) is 4.39 Å². The molecular weight excluding hydrogens is 269 g/mol. The lowest BCUT2D eigenvalue weighted by atomic mass is 10.1. The van der Waals surface area contributed by atoms with E-state index in [1.807, 2.05) is 18.2 Å². The summed E-state index contributed by atoms with van der Waals surface area (Å²) in [7, 11) is 0. The van der Waals surface area contributed by atoms with E-state index >= 15 is 0 Å². The van der Waals surface area contributed by atoms with Crippen LogP contribution in [0.3, 0.4) is 0 Å². The lowest BCUT2D eigenvalue weighted by molar-refractivity contribution is -0.605. The minimum Gasteiger partial charge on any atom is -0.619 e. The maximum absolute atomic E-state index is 13.7. The Morgan fingerprint density at radius 2 is 1.81 bits per heavy atom. The SMILES string of the molecule is [O-][n+]1cccc(CCOc2ccc(F)c3ccccc23)c1. The van der Waals surface area contributed by atoms with Gasteiger partial charge in [-0.2, -0.15) is 4.73 Å². The standard InChI is InChI=1S/C17H14FNO2/c18-16-7-8-17(15-6-2-1-5-14(15)16)21-11-9-13-4-3-10-19(20)12-13/h1-8,10,12H,9,11H2. The molecule has 0 radical (unpaired) electrons. The van der Waals surface area contributed by atoms with Gasteiger partial charge in [0.2, 0.25) is 0 Å². The monoisotopic (exact) mass is 283 g/mol. The Bertz CT molecular complexity index is 774. The summed E-state index contributed by atoms with van der Waals surface area (Å²) in [4.78, 5) is 0. The molecule has 0 spiro atoms. The molecule has 1 aromatic heterocycles. The summed E-state index contributed by atoms with van der Waals surface area (Å²) in [6.07, 6.45) is 3.58. The number of pyridine rings is 1. The topological polar surface area (TPSA) is 36.2 Å². The van der Waals surface area contributed by atoms with E-state index in [9.17, 15) is 9.60 Å². The third-order valence-electron chi connectivity index (χ3n) is 3.32. The van der Waals surface area contributed by atoms with E-state index < -0.39 is 0 Å². The molecule has 0 atom stereocenters. The van der Waals surface area contributed by atoms with Crippen LogP contribution < -0.4 is 9.47 Å². The van der Waals surface area contributed by atoms with Crippen molar-refractivity contribution in [2.45, 2.75) is 6.42 Å². The second-order valence-corrected chi connectivity index (χ2v) is 4.76. The zero-order valence-electron chi connectivity index (χ0n) is 11.3. The van der Waals surface area contributed by atoms with Gasteiger partial charge in [-0.15, -0.1) is 0 Å². The van der Waals surface area contributed by atoms with E-state index in [0.29, 0.717) is 24.2 Å². The van der Waals surface area contributed by atoms with E-state index in [-0.39, 0.29) is 5.82 Å². The van der Waals surface area contributed by atoms with Crippen molar-refractivity contribution in [2.75, 3.05) is 6.61 Å². The zero-order chi connectivity index (χ0) is 14.7. The second-order valence-electron chi connectivity index (χ2n) is 4.76. The van der Waals surface area contributed by atoms with Crippen molar-refractivity contribution >= 4 is 10.8 Å². The van der Waals surface area contributed by atoms with Gasteiger partial charge in [-0.1, -0.05) is 24.3 Å². The Hall–Kier alpha value is -2.62. The molecule has 0 saturated heterocycles. The fraction of sp³-hybridized carbons (Fsp3) is 0.118. The number of aromatic nitrogens is 1. The van der Waals surface area contributed by atoms with E-state index in [4.69, 9.17) is 4.74 Å². The third-order valence-corrected chi connectivity index (χ3v) is 3.32. The number of fused-ring (bicyclic) bond motifs is 1. The highest BCUT2D eigenvalue weighted by molar-refractivity contribution is 5.88. The average molecular weight is 283 g/mol. The zero-order valence-corrected chi connectivity index (χ0v) is 11.3. The minimum absolute atomic E-state index is 0.256. The van der Waals surface area contributed by atoms with Crippen molar-refractivity contribution in [1.82, 2.24) is 0 Å². The van der Waals surface area contributed by atoms with Gasteiger partial charge in [0.15, 0.2) is 12.4 Å². The third kappa shape index (κ3) is 2.94. The molecule has 0 bridgehead atoms. The highest BCUT2D eigenvalue weighted by atomic mass is 19.1. The maximum atomic E-state index is 13.7. The highest BCUT2D eigenvalue weighted by Crippen LogP contribution is 2.27. The van der Waals surface area contributed by atoms with Gasteiger partial charge in [0.25, 0.3) is 0 Å². The summed E-state index contributed by atoms with van der Waals surface area (Å²) in [6.45, 7) is 0.430. The van der Waals surface area contributed by atoms with E-state index in [0.717, 1.165) is 15.7 Å². The largest absolute Gasteiger partial charge is 0.619 e. The van der Waals surface area contributed by atoms with Crippen LogP contribution >= 0.6 is 0 Å². The maximum Gasteiger partial charge on any atom is 0.183 e. The van der Waals surface area contributed by atoms with Crippen molar-refractivity contribution in [3.63, 3.8) is 0 Å². The number of hydrogen-bond donors (Lipinski definition) is 0. The molecule has 0 saturated carbocycles. The molecule has 3 aromatic rings. The number of hydrogen-bond acceptors (Lipinski definition) is 2. The van der Waals surface area contributed by atoms with Crippen molar-refractivity contribution in [1.29, 1.82) is 0 Å². The predicted molar refractivity (Wildman–Crippen MR) is 78.5 cm³/mol. The fourth-order valence-electron chi connectivity index (χ4n) is 2.29. The van der Waals surface area contributed by atoms with Gasteiger partial charge in [0.1, 0.15) is 11.6 Å². The number of ether oxygens (including phenoxy) is 1. The Labute approximate surface area is 121 Å². The van der Waals surface area contributed by atoms with Crippen molar-refractivity contribution in [3.05, 3.63) is 77.5 Å². The summed E-state index contributed by atoms with van der Waals surface area (Å²) in [5.74, 6) is 0.395. The van der Waals surface area contributed by atoms with Crippen LogP contribution in [-0.2, 0) is 6.42 Å². The normalized spacial score (nSPS) is 10.7. The minimum atomic E-state index is -0.256. The van der Waals surface area contributed by atoms with E-state index in [1.165, 1.54) is 18.5 Å². The molecule has 0 amide bonds. The predicted octanol–water partition coefficient (Wildman–Crippen LogP) is 3.23. The van der Waals surface area contributed by atoms with Crippen LogP contribution in [0.15, 0.2) is 60.9 Å². The van der Waals surface area contributed by atoms with Gasteiger partial charge < -0.3 is 9.94 Å². The van der Waals surface area contributed by atoms with Crippen molar-refractivity contribution < 1.29 is 13.9 Å². The molecule has 4 heteroatoms. The Kier molecular flexibility index (Phi) is 3.69. The van der Waals surface area contributed by atoms with Crippen molar-refractivity contribution in [2.24, 2.45) is 0 Å². The molecule has 106 valence electrons. The van der Waals surface area contributed by atoms with Gasteiger partial charge in [-0.25, -0.2) is 4.39 Å². The smallest absolute Gasteiger partial charge is 0.183 e. The molecule has 0 N–H and O–H groups in total. The number of halogens is 1. The van der Waals surface area contributed by atoms with Crippen LogP contribution in [0.25, 0.3) is 10.8 Å². The second kappa shape index (κ2) is 5.79. The van der Waals surface area contributed by atoms with Crippen LogP contribution in [0.2, 0.25) is 0 Å². The molecule has 3 nitrogen and oxygen atoms in total. The lowest BCUT2D eigenvalue weighted by Crippen LogP contribution is -2.25. The van der Waals surface area contributed by atoms with E-state index in [2.05, 4.69) is 0 Å². The molecule has 0 aliphatic heterocycles. The average Bonchev–Trinajstić information content (AvgIpc) is 2.50. The summed E-state index contributed by atoms with van der Waals surface area (Å²) in [5, 5.41) is 12.5. The molecule has 21 heavy (non-hydrogen) atoms. The summed E-state index contributed by atoms with van der Waals surface area (Å²) >= 11 is 0. The van der Waals surface area contributed by atoms with Crippen LogP contribution in [0, 0.1) is 11.0 Å². The molecule has 0 aliphatic carbocycles. The highest BCUT2D eigenvalue weighted by Gasteiger charge is 2.06. The first-order valence-electron chi connectivity index (χ1n) is 6.72. The summed E-state index contributed by atoms with van der Waals surface area (Å²) < 4.78 is 20.2. The van der Waals surface area contributed by atoms with Crippen LogP contribution in [0.5, 0.6) is 5.75 Å². The fourth-order valence-corrected chi connectivity index (χ4v) is 2.29. The Balaban J connectivity index is 1.75. The molecule has 2 aromatic carbocycles. The van der Waals surface area contributed by atoms with Crippen LogP contribution in [0.1, 0.15) is 5.56 Å². The van der Waals surface area contributed by atoms with Gasteiger partial charge in [-0.05, 0) is 18.2 Å². The Morgan fingerprint density at radius 1 is 1.00 bits per heavy atom. The number of rotatable bonds is 4. The molecular formula is C17H14FNO2. The van der Waals surface area contributed by atoms with Crippen LogP contribution in [-0.4, -0.2) is 6.61 Å². The Morgan fingerprint density at radius 3 is 2.62 bits per heavy atom. The number of nitrogens with zero attached hydrogens (tertiary/aromatic N) is 1. The first-order chi connectivity index (χ1) is 10.2. The molecule has 1 heterocycles.